The van der Waals surface area contributed by atoms with E-state index in [1.807, 2.05) is 38.1 Å². The van der Waals surface area contributed by atoms with Crippen LogP contribution in [0.5, 0.6) is 0 Å². The number of thioether (sulfide) groups is 1. The summed E-state index contributed by atoms with van der Waals surface area (Å²) in [7, 11) is 0. The molecule has 1 aromatic rings. The van der Waals surface area contributed by atoms with E-state index < -0.39 is 0 Å². The highest BCUT2D eigenvalue weighted by Crippen LogP contribution is 2.20. The second-order valence-electron chi connectivity index (χ2n) is 4.38. The van der Waals surface area contributed by atoms with Crippen LogP contribution in [0.3, 0.4) is 0 Å². The van der Waals surface area contributed by atoms with Gasteiger partial charge in [0.2, 0.25) is 5.91 Å². The summed E-state index contributed by atoms with van der Waals surface area (Å²) in [6.07, 6.45) is 0. The first-order valence-corrected chi connectivity index (χ1v) is 6.69. The Morgan fingerprint density at radius 2 is 1.94 bits per heavy atom. The Kier molecular flexibility index (Phi) is 7.71. The molecule has 0 aliphatic carbocycles. The molecule has 1 aromatic carbocycles. The highest BCUT2D eigenvalue weighted by molar-refractivity contribution is 8.00. The molecular weight excluding hydrogens is 291 g/mol. The highest BCUT2D eigenvalue weighted by Gasteiger charge is 2.17. The fourth-order valence-corrected chi connectivity index (χ4v) is 1.97. The van der Waals surface area contributed by atoms with Gasteiger partial charge in [0.25, 0.3) is 0 Å². The lowest BCUT2D eigenvalue weighted by molar-refractivity contribution is -0.120. The zero-order valence-corrected chi connectivity index (χ0v) is 12.8. The molecule has 0 fully saturated rings. The fourth-order valence-electron chi connectivity index (χ4n) is 1.14. The number of carbonyl (C=O) groups is 1. The van der Waals surface area contributed by atoms with Gasteiger partial charge < -0.3 is 11.1 Å². The van der Waals surface area contributed by atoms with E-state index in [0.717, 1.165) is 4.90 Å². The van der Waals surface area contributed by atoms with E-state index in [1.54, 1.807) is 0 Å². The molecule has 0 aliphatic heterocycles. The van der Waals surface area contributed by atoms with Crippen molar-refractivity contribution < 1.29 is 4.79 Å². The van der Waals surface area contributed by atoms with Gasteiger partial charge in [-0.2, -0.15) is 0 Å². The third kappa shape index (κ3) is 6.50. The van der Waals surface area contributed by atoms with Gasteiger partial charge in [0.05, 0.1) is 5.75 Å². The van der Waals surface area contributed by atoms with Crippen molar-refractivity contribution in [2.24, 2.45) is 5.73 Å². The molecule has 0 heterocycles. The summed E-state index contributed by atoms with van der Waals surface area (Å²) < 4.78 is 0. The van der Waals surface area contributed by atoms with Gasteiger partial charge in [-0.1, -0.05) is 11.6 Å². The van der Waals surface area contributed by atoms with Crippen LogP contribution in [0.15, 0.2) is 29.2 Å². The first kappa shape index (κ1) is 17.6. The number of benzene rings is 1. The lowest BCUT2D eigenvalue weighted by atomic mass is 10.1. The average Bonchev–Trinajstić information content (AvgIpc) is 2.28. The molecule has 0 radical (unpaired) electrons. The van der Waals surface area contributed by atoms with Crippen LogP contribution in [0.1, 0.15) is 13.8 Å². The van der Waals surface area contributed by atoms with Crippen molar-refractivity contribution in [2.75, 3.05) is 12.3 Å². The summed E-state index contributed by atoms with van der Waals surface area (Å²) in [5.41, 5.74) is 5.19. The van der Waals surface area contributed by atoms with Crippen molar-refractivity contribution in [2.45, 2.75) is 24.3 Å². The number of nitrogens with two attached hydrogens (primary N) is 1. The smallest absolute Gasteiger partial charge is 0.230 e. The van der Waals surface area contributed by atoms with E-state index >= 15 is 0 Å². The van der Waals surface area contributed by atoms with Gasteiger partial charge in [0, 0.05) is 22.0 Å². The summed E-state index contributed by atoms with van der Waals surface area (Å²) in [5, 5.41) is 3.57. The second-order valence-corrected chi connectivity index (χ2v) is 5.86. The summed E-state index contributed by atoms with van der Waals surface area (Å²) in [6, 6.07) is 7.42. The number of rotatable bonds is 5. The van der Waals surface area contributed by atoms with Crippen molar-refractivity contribution >= 4 is 41.7 Å². The molecule has 1 rings (SSSR count). The van der Waals surface area contributed by atoms with Crippen LogP contribution >= 0.6 is 35.8 Å². The fraction of sp³-hybridized carbons (Fsp3) is 0.417. The average molecular weight is 309 g/mol. The van der Waals surface area contributed by atoms with Gasteiger partial charge in [-0.05, 0) is 38.1 Å². The molecule has 3 nitrogen and oxygen atoms in total. The monoisotopic (exact) mass is 308 g/mol. The van der Waals surface area contributed by atoms with Crippen molar-refractivity contribution in [1.29, 1.82) is 0 Å². The van der Waals surface area contributed by atoms with E-state index in [4.69, 9.17) is 17.3 Å². The molecule has 102 valence electrons. The van der Waals surface area contributed by atoms with Crippen LogP contribution in [0.2, 0.25) is 5.02 Å². The summed E-state index contributed by atoms with van der Waals surface area (Å²) in [6.45, 7) is 4.22. The van der Waals surface area contributed by atoms with Gasteiger partial charge in [0.15, 0.2) is 0 Å². The third-order valence-corrected chi connectivity index (χ3v) is 3.44. The van der Waals surface area contributed by atoms with Gasteiger partial charge in [0.1, 0.15) is 0 Å². The van der Waals surface area contributed by atoms with Gasteiger partial charge in [-0.3, -0.25) is 4.79 Å². The number of nitrogens with one attached hydrogen (secondary N) is 1. The van der Waals surface area contributed by atoms with E-state index in [0.29, 0.717) is 17.3 Å². The molecule has 0 saturated heterocycles. The van der Waals surface area contributed by atoms with Crippen LogP contribution in [0.25, 0.3) is 0 Å². The Labute approximate surface area is 123 Å². The highest BCUT2D eigenvalue weighted by atomic mass is 35.5. The van der Waals surface area contributed by atoms with E-state index in [2.05, 4.69) is 5.32 Å². The van der Waals surface area contributed by atoms with Crippen LogP contribution in [-0.4, -0.2) is 23.7 Å². The Morgan fingerprint density at radius 3 is 2.44 bits per heavy atom. The first-order valence-electron chi connectivity index (χ1n) is 5.32. The summed E-state index contributed by atoms with van der Waals surface area (Å²) >= 11 is 7.25. The molecule has 0 aromatic heterocycles. The number of carbonyl (C=O) groups excluding carboxylic acids is 1. The molecule has 0 atom stereocenters. The van der Waals surface area contributed by atoms with Gasteiger partial charge >= 0.3 is 0 Å². The maximum Gasteiger partial charge on any atom is 0.230 e. The molecule has 18 heavy (non-hydrogen) atoms. The third-order valence-electron chi connectivity index (χ3n) is 2.17. The molecule has 3 N–H and O–H groups in total. The standard InChI is InChI=1S/C12H17ClN2OS.ClH/c1-12(2,8-14)15-11(16)7-17-10-5-3-9(13)4-6-10;/h3-6H,7-8,14H2,1-2H3,(H,15,16);1H. The first-order chi connectivity index (χ1) is 7.93. The van der Waals surface area contributed by atoms with Crippen LogP contribution < -0.4 is 11.1 Å². The molecule has 0 spiro atoms. The normalized spacial score (nSPS) is 10.7. The predicted octanol–water partition coefficient (Wildman–Crippen LogP) is 2.71. The predicted molar refractivity (Wildman–Crippen MR) is 80.7 cm³/mol. The second kappa shape index (κ2) is 7.89. The van der Waals surface area contributed by atoms with E-state index in [1.165, 1.54) is 11.8 Å². The minimum atomic E-state index is -0.350. The minimum absolute atomic E-state index is 0. The van der Waals surface area contributed by atoms with Crippen molar-refractivity contribution in [1.82, 2.24) is 5.32 Å². The Bertz CT molecular complexity index is 382. The lowest BCUT2D eigenvalue weighted by Crippen LogP contribution is -2.49. The molecule has 6 heteroatoms. The summed E-state index contributed by atoms with van der Waals surface area (Å²) in [5.74, 6) is 0.367. The Balaban J connectivity index is 0.00000289. The summed E-state index contributed by atoms with van der Waals surface area (Å²) in [4.78, 5) is 12.7. The maximum atomic E-state index is 11.6. The maximum absolute atomic E-state index is 11.6. The van der Waals surface area contributed by atoms with Gasteiger partial charge in [-0.15, -0.1) is 24.2 Å². The number of amides is 1. The number of halogens is 2. The molecule has 0 saturated carbocycles. The van der Waals surface area contributed by atoms with E-state index in [-0.39, 0.29) is 23.9 Å². The minimum Gasteiger partial charge on any atom is -0.349 e. The molecular formula is C12H18Cl2N2OS. The van der Waals surface area contributed by atoms with Crippen LogP contribution in [-0.2, 0) is 4.79 Å². The quantitative estimate of drug-likeness (QED) is 0.822. The van der Waals surface area contributed by atoms with Crippen molar-refractivity contribution in [3.05, 3.63) is 29.3 Å². The van der Waals surface area contributed by atoms with Crippen molar-refractivity contribution in [3.8, 4) is 0 Å². The molecule has 0 unspecified atom stereocenters. The van der Waals surface area contributed by atoms with Crippen LogP contribution in [0, 0.1) is 0 Å². The van der Waals surface area contributed by atoms with E-state index in [9.17, 15) is 4.79 Å². The van der Waals surface area contributed by atoms with Gasteiger partial charge in [-0.25, -0.2) is 0 Å². The van der Waals surface area contributed by atoms with Crippen molar-refractivity contribution in [3.63, 3.8) is 0 Å². The topological polar surface area (TPSA) is 55.1 Å². The molecule has 1 amide bonds. The molecule has 0 aliphatic rings. The van der Waals surface area contributed by atoms with Crippen LogP contribution in [0.4, 0.5) is 0 Å². The zero-order chi connectivity index (χ0) is 12.9. The number of hydrogen-bond donors (Lipinski definition) is 2. The SMILES string of the molecule is CC(C)(CN)NC(=O)CSc1ccc(Cl)cc1.Cl. The molecule has 0 bridgehead atoms. The zero-order valence-electron chi connectivity index (χ0n) is 10.4. The Hall–Kier alpha value is -0.420. The lowest BCUT2D eigenvalue weighted by Gasteiger charge is -2.24. The Morgan fingerprint density at radius 1 is 1.39 bits per heavy atom. The largest absolute Gasteiger partial charge is 0.349 e. The number of hydrogen-bond acceptors (Lipinski definition) is 3.